The molecule has 0 unspecified atom stereocenters. The van der Waals surface area contributed by atoms with Crippen molar-refractivity contribution in [3.8, 4) is 5.75 Å². The first kappa shape index (κ1) is 18.9. The number of carbonyl (C=O) groups excluding carboxylic acids is 1. The van der Waals surface area contributed by atoms with Crippen LogP contribution >= 0.6 is 0 Å². The van der Waals surface area contributed by atoms with E-state index in [1.54, 1.807) is 13.2 Å². The molecule has 1 fully saturated rings. The zero-order chi connectivity index (χ0) is 18.6. The van der Waals surface area contributed by atoms with Gasteiger partial charge in [0, 0.05) is 12.5 Å². The molecule has 0 aromatic heterocycles. The maximum absolute atomic E-state index is 11.8. The molecule has 1 aromatic carbocycles. The van der Waals surface area contributed by atoms with Gasteiger partial charge < -0.3 is 23.7 Å². The van der Waals surface area contributed by atoms with E-state index in [1.165, 1.54) is 0 Å². The third-order valence-electron chi connectivity index (χ3n) is 4.38. The van der Waals surface area contributed by atoms with E-state index in [-0.39, 0.29) is 18.2 Å². The second kappa shape index (κ2) is 8.20. The topological polar surface area (TPSA) is 63.2 Å². The van der Waals surface area contributed by atoms with E-state index in [2.05, 4.69) is 0 Å². The lowest BCUT2D eigenvalue weighted by Crippen LogP contribution is -2.29. The standard InChI is InChI=1S/C20H26O6/c1-20(2)24-13-18(26-20)9-15-8-17(25-19(21)10-15)12-23-11-14-4-6-16(22-3)7-5-14/h4-7,10,17-18H,8-9,11-13H2,1-3H3/t17-,18-/m1/s1. The van der Waals surface area contributed by atoms with Gasteiger partial charge in [0.15, 0.2) is 5.79 Å². The predicted molar refractivity (Wildman–Crippen MR) is 94.8 cm³/mol. The summed E-state index contributed by atoms with van der Waals surface area (Å²) in [5.41, 5.74) is 2.06. The summed E-state index contributed by atoms with van der Waals surface area (Å²) in [5.74, 6) is -0.0603. The summed E-state index contributed by atoms with van der Waals surface area (Å²) >= 11 is 0. The van der Waals surface area contributed by atoms with Crippen LogP contribution in [-0.2, 0) is 30.3 Å². The highest BCUT2D eigenvalue weighted by molar-refractivity contribution is 5.83. The number of esters is 1. The Kier molecular flexibility index (Phi) is 5.96. The predicted octanol–water partition coefficient (Wildman–Crippen LogP) is 3.00. The van der Waals surface area contributed by atoms with Gasteiger partial charge in [-0.25, -0.2) is 4.79 Å². The zero-order valence-corrected chi connectivity index (χ0v) is 15.5. The number of cyclic esters (lactones) is 1. The van der Waals surface area contributed by atoms with Gasteiger partial charge in [-0.3, -0.25) is 0 Å². The molecule has 0 bridgehead atoms. The van der Waals surface area contributed by atoms with Crippen LogP contribution in [0.3, 0.4) is 0 Å². The summed E-state index contributed by atoms with van der Waals surface area (Å²) in [5, 5.41) is 0. The summed E-state index contributed by atoms with van der Waals surface area (Å²) < 4.78 is 27.6. The SMILES string of the molecule is COc1ccc(COC[C@H]2CC(C[C@@H]3COC(C)(C)O3)=CC(=O)O2)cc1. The number of ether oxygens (including phenoxy) is 5. The Morgan fingerprint density at radius 3 is 2.62 bits per heavy atom. The van der Waals surface area contributed by atoms with E-state index >= 15 is 0 Å². The molecular weight excluding hydrogens is 336 g/mol. The molecule has 1 aromatic rings. The van der Waals surface area contributed by atoms with Gasteiger partial charge in [-0.1, -0.05) is 17.7 Å². The van der Waals surface area contributed by atoms with Gasteiger partial charge in [-0.15, -0.1) is 0 Å². The molecule has 142 valence electrons. The van der Waals surface area contributed by atoms with E-state index in [0.717, 1.165) is 16.9 Å². The molecule has 2 aliphatic rings. The molecule has 0 radical (unpaired) electrons. The van der Waals surface area contributed by atoms with Gasteiger partial charge in [0.05, 0.1) is 33.0 Å². The average molecular weight is 362 g/mol. The van der Waals surface area contributed by atoms with Crippen molar-refractivity contribution in [3.05, 3.63) is 41.5 Å². The second-order valence-electron chi connectivity index (χ2n) is 7.08. The number of carbonyl (C=O) groups is 1. The first-order valence-electron chi connectivity index (χ1n) is 8.86. The molecule has 2 heterocycles. The maximum Gasteiger partial charge on any atom is 0.331 e. The van der Waals surface area contributed by atoms with E-state index in [1.807, 2.05) is 38.1 Å². The van der Waals surface area contributed by atoms with Crippen molar-refractivity contribution in [2.45, 2.75) is 51.3 Å². The van der Waals surface area contributed by atoms with Crippen LogP contribution in [0.1, 0.15) is 32.3 Å². The van der Waals surface area contributed by atoms with Crippen molar-refractivity contribution in [1.82, 2.24) is 0 Å². The van der Waals surface area contributed by atoms with Crippen LogP contribution in [0.2, 0.25) is 0 Å². The Bertz CT molecular complexity index is 649. The Morgan fingerprint density at radius 2 is 1.96 bits per heavy atom. The lowest BCUT2D eigenvalue weighted by molar-refractivity contribution is -0.148. The summed E-state index contributed by atoms with van der Waals surface area (Å²) in [4.78, 5) is 11.8. The molecule has 2 aliphatic heterocycles. The molecule has 6 heteroatoms. The molecule has 0 N–H and O–H groups in total. The molecule has 6 nitrogen and oxygen atoms in total. The highest BCUT2D eigenvalue weighted by Crippen LogP contribution is 2.29. The van der Waals surface area contributed by atoms with Crippen molar-refractivity contribution < 1.29 is 28.5 Å². The fraction of sp³-hybridized carbons (Fsp3) is 0.550. The van der Waals surface area contributed by atoms with Crippen LogP contribution in [0.4, 0.5) is 0 Å². The molecule has 0 saturated carbocycles. The largest absolute Gasteiger partial charge is 0.497 e. The van der Waals surface area contributed by atoms with Gasteiger partial charge in [0.2, 0.25) is 0 Å². The maximum atomic E-state index is 11.8. The van der Waals surface area contributed by atoms with Gasteiger partial charge >= 0.3 is 5.97 Å². The lowest BCUT2D eigenvalue weighted by atomic mass is 10.00. The fourth-order valence-corrected chi connectivity index (χ4v) is 3.18. The first-order chi connectivity index (χ1) is 12.4. The second-order valence-corrected chi connectivity index (χ2v) is 7.08. The molecular formula is C20H26O6. The molecule has 26 heavy (non-hydrogen) atoms. The Labute approximate surface area is 154 Å². The van der Waals surface area contributed by atoms with E-state index in [4.69, 9.17) is 23.7 Å². The lowest BCUT2D eigenvalue weighted by Gasteiger charge is -2.24. The van der Waals surface area contributed by atoms with Crippen molar-refractivity contribution in [3.63, 3.8) is 0 Å². The summed E-state index contributed by atoms with van der Waals surface area (Å²) in [6.45, 7) is 5.16. The van der Waals surface area contributed by atoms with E-state index in [0.29, 0.717) is 32.7 Å². The fourth-order valence-electron chi connectivity index (χ4n) is 3.18. The smallest absolute Gasteiger partial charge is 0.331 e. The Hall–Kier alpha value is -1.89. The van der Waals surface area contributed by atoms with E-state index < -0.39 is 5.79 Å². The molecule has 2 atom stereocenters. The Balaban J connectivity index is 1.45. The van der Waals surface area contributed by atoms with Gasteiger partial charge in [-0.2, -0.15) is 0 Å². The van der Waals surface area contributed by atoms with Gasteiger partial charge in [-0.05, 0) is 38.0 Å². The number of rotatable bonds is 7. The summed E-state index contributed by atoms with van der Waals surface area (Å²) in [7, 11) is 1.64. The zero-order valence-electron chi connectivity index (χ0n) is 15.5. The Morgan fingerprint density at radius 1 is 1.19 bits per heavy atom. The minimum Gasteiger partial charge on any atom is -0.497 e. The van der Waals surface area contributed by atoms with Crippen molar-refractivity contribution in [2.75, 3.05) is 20.3 Å². The molecule has 0 aliphatic carbocycles. The minimum atomic E-state index is -0.554. The summed E-state index contributed by atoms with van der Waals surface area (Å²) in [6, 6.07) is 7.70. The number of benzene rings is 1. The number of hydrogen-bond donors (Lipinski definition) is 0. The van der Waals surface area contributed by atoms with Crippen LogP contribution in [0.25, 0.3) is 0 Å². The number of hydrogen-bond acceptors (Lipinski definition) is 6. The van der Waals surface area contributed by atoms with Crippen LogP contribution in [0.15, 0.2) is 35.9 Å². The van der Waals surface area contributed by atoms with Crippen LogP contribution in [0.5, 0.6) is 5.75 Å². The first-order valence-corrected chi connectivity index (χ1v) is 8.86. The molecule has 0 spiro atoms. The van der Waals surface area contributed by atoms with Crippen LogP contribution in [-0.4, -0.2) is 44.3 Å². The quantitative estimate of drug-likeness (QED) is 0.695. The highest BCUT2D eigenvalue weighted by Gasteiger charge is 2.34. The van der Waals surface area contributed by atoms with Gasteiger partial charge in [0.25, 0.3) is 0 Å². The van der Waals surface area contributed by atoms with Gasteiger partial charge in [0.1, 0.15) is 11.9 Å². The molecule has 1 saturated heterocycles. The third-order valence-corrected chi connectivity index (χ3v) is 4.38. The third kappa shape index (κ3) is 5.30. The molecule has 3 rings (SSSR count). The normalized spacial score (nSPS) is 24.9. The average Bonchev–Trinajstić information content (AvgIpc) is 2.93. The van der Waals surface area contributed by atoms with Crippen LogP contribution in [0, 0.1) is 0 Å². The van der Waals surface area contributed by atoms with Crippen LogP contribution < -0.4 is 4.74 Å². The highest BCUT2D eigenvalue weighted by atomic mass is 16.7. The minimum absolute atomic E-state index is 0.0250. The van der Waals surface area contributed by atoms with Crippen molar-refractivity contribution in [1.29, 1.82) is 0 Å². The van der Waals surface area contributed by atoms with Crippen molar-refractivity contribution in [2.24, 2.45) is 0 Å². The van der Waals surface area contributed by atoms with Crippen molar-refractivity contribution >= 4 is 5.97 Å². The number of methoxy groups -OCH3 is 1. The van der Waals surface area contributed by atoms with E-state index in [9.17, 15) is 4.79 Å². The summed E-state index contributed by atoms with van der Waals surface area (Å²) in [6.07, 6.45) is 2.61. The monoisotopic (exact) mass is 362 g/mol. The molecule has 0 amide bonds.